The minimum atomic E-state index is -0.989. The van der Waals surface area contributed by atoms with Crippen LogP contribution in [0, 0.1) is 5.92 Å². The largest absolute Gasteiger partial charge is 0.480 e. The third-order valence-electron chi connectivity index (χ3n) is 3.69. The van der Waals surface area contributed by atoms with Gasteiger partial charge in [-0.2, -0.15) is 0 Å². The number of amides is 1. The molecule has 0 spiro atoms. The van der Waals surface area contributed by atoms with E-state index in [-0.39, 0.29) is 11.8 Å². The number of aliphatic carboxylic acids is 1. The summed E-state index contributed by atoms with van der Waals surface area (Å²) in [6.45, 7) is 7.64. The van der Waals surface area contributed by atoms with Crippen LogP contribution in [0.1, 0.15) is 36.2 Å². The van der Waals surface area contributed by atoms with Crippen molar-refractivity contribution < 1.29 is 14.7 Å². The van der Waals surface area contributed by atoms with Crippen LogP contribution in [0.4, 0.5) is 0 Å². The summed E-state index contributed by atoms with van der Waals surface area (Å²) in [7, 11) is 0. The lowest BCUT2D eigenvalue weighted by Crippen LogP contribution is -2.44. The van der Waals surface area contributed by atoms with Gasteiger partial charge in [0.2, 0.25) is 0 Å². The second kappa shape index (κ2) is 4.88. The lowest BCUT2D eigenvalue weighted by molar-refractivity contribution is -0.143. The molecule has 100 valence electrons. The first kappa shape index (κ1) is 13.3. The molecule has 4 nitrogen and oxygen atoms in total. The van der Waals surface area contributed by atoms with Gasteiger partial charge in [0.1, 0.15) is 6.04 Å². The summed E-state index contributed by atoms with van der Waals surface area (Å²) in [4.78, 5) is 25.2. The molecule has 2 rings (SSSR count). The van der Waals surface area contributed by atoms with Crippen LogP contribution < -0.4 is 0 Å². The molecule has 0 saturated carbocycles. The molecule has 1 N–H and O–H groups in total. The number of carboxylic acids is 1. The van der Waals surface area contributed by atoms with Crippen molar-refractivity contribution in [3.05, 3.63) is 42.0 Å². The molecule has 1 aromatic rings. The van der Waals surface area contributed by atoms with Crippen LogP contribution in [0.5, 0.6) is 0 Å². The fourth-order valence-corrected chi connectivity index (χ4v) is 2.43. The van der Waals surface area contributed by atoms with Gasteiger partial charge >= 0.3 is 5.97 Å². The zero-order valence-corrected chi connectivity index (χ0v) is 11.1. The van der Waals surface area contributed by atoms with E-state index in [2.05, 4.69) is 6.58 Å². The average Bonchev–Trinajstić information content (AvgIpc) is 2.64. The maximum Gasteiger partial charge on any atom is 0.327 e. The van der Waals surface area contributed by atoms with Gasteiger partial charge < -0.3 is 5.11 Å². The lowest BCUT2D eigenvalue weighted by atomic mass is 9.97. The highest BCUT2D eigenvalue weighted by molar-refractivity contribution is 6.10. The van der Waals surface area contributed by atoms with Gasteiger partial charge in [-0.05, 0) is 12.0 Å². The van der Waals surface area contributed by atoms with Crippen molar-refractivity contribution in [1.82, 2.24) is 4.90 Å². The Morgan fingerprint density at radius 2 is 1.95 bits per heavy atom. The van der Waals surface area contributed by atoms with Crippen molar-refractivity contribution in [3.8, 4) is 0 Å². The summed E-state index contributed by atoms with van der Waals surface area (Å²) in [6.07, 6.45) is 0.685. The topological polar surface area (TPSA) is 57.6 Å². The molecule has 19 heavy (non-hydrogen) atoms. The van der Waals surface area contributed by atoms with E-state index in [1.54, 1.807) is 18.2 Å². The van der Waals surface area contributed by atoms with E-state index in [1.807, 2.05) is 19.9 Å². The van der Waals surface area contributed by atoms with E-state index in [4.69, 9.17) is 0 Å². The molecule has 1 amide bonds. The monoisotopic (exact) mass is 259 g/mol. The zero-order valence-electron chi connectivity index (χ0n) is 11.1. The number of carbonyl (C=O) groups is 2. The summed E-state index contributed by atoms with van der Waals surface area (Å²) in [6, 6.07) is 6.23. The highest BCUT2D eigenvalue weighted by atomic mass is 16.4. The first-order chi connectivity index (χ1) is 8.99. The van der Waals surface area contributed by atoms with E-state index in [9.17, 15) is 14.7 Å². The molecule has 0 fully saturated rings. The lowest BCUT2D eigenvalue weighted by Gasteiger charge is -2.29. The highest BCUT2D eigenvalue weighted by Gasteiger charge is 2.41. The van der Waals surface area contributed by atoms with Gasteiger partial charge in [-0.1, -0.05) is 45.0 Å². The minimum absolute atomic E-state index is 0.132. The number of nitrogens with zero attached hydrogens (tertiary/aromatic N) is 1. The SMILES string of the molecule is C=C1c2ccccc2C(=O)N1C(C(=O)O)C(C)CC. The first-order valence-electron chi connectivity index (χ1n) is 6.33. The molecule has 4 heteroatoms. The van der Waals surface area contributed by atoms with Crippen molar-refractivity contribution in [2.75, 3.05) is 0 Å². The maximum atomic E-state index is 12.4. The summed E-state index contributed by atoms with van der Waals surface area (Å²) >= 11 is 0. The number of carboxylic acid groups (broad SMARTS) is 1. The summed E-state index contributed by atoms with van der Waals surface area (Å²) in [5.74, 6) is -1.39. The smallest absolute Gasteiger partial charge is 0.327 e. The molecule has 2 atom stereocenters. The van der Waals surface area contributed by atoms with Crippen LogP contribution in [0.25, 0.3) is 5.70 Å². The molecule has 1 aromatic carbocycles. The Hall–Kier alpha value is -2.10. The van der Waals surface area contributed by atoms with Gasteiger partial charge in [0.05, 0.1) is 0 Å². The van der Waals surface area contributed by atoms with Gasteiger partial charge in [-0.25, -0.2) is 4.79 Å². The fraction of sp³-hybridized carbons (Fsp3) is 0.333. The van der Waals surface area contributed by atoms with Crippen LogP contribution in [0.2, 0.25) is 0 Å². The van der Waals surface area contributed by atoms with Gasteiger partial charge in [-0.15, -0.1) is 0 Å². The fourth-order valence-electron chi connectivity index (χ4n) is 2.43. The van der Waals surface area contributed by atoms with Crippen LogP contribution in [-0.2, 0) is 4.79 Å². The highest BCUT2D eigenvalue weighted by Crippen LogP contribution is 2.35. The third kappa shape index (κ3) is 2.03. The van der Waals surface area contributed by atoms with Crippen molar-refractivity contribution >= 4 is 17.6 Å². The van der Waals surface area contributed by atoms with Crippen LogP contribution in [0.15, 0.2) is 30.8 Å². The third-order valence-corrected chi connectivity index (χ3v) is 3.69. The Morgan fingerprint density at radius 1 is 1.37 bits per heavy atom. The molecule has 2 unspecified atom stereocenters. The molecule has 0 radical (unpaired) electrons. The van der Waals surface area contributed by atoms with E-state index in [1.165, 1.54) is 4.90 Å². The van der Waals surface area contributed by atoms with Crippen molar-refractivity contribution in [1.29, 1.82) is 0 Å². The maximum absolute atomic E-state index is 12.4. The quantitative estimate of drug-likeness (QED) is 0.904. The Morgan fingerprint density at radius 3 is 2.42 bits per heavy atom. The van der Waals surface area contributed by atoms with Crippen molar-refractivity contribution in [2.45, 2.75) is 26.3 Å². The molecule has 0 saturated heterocycles. The summed E-state index contributed by atoms with van der Waals surface area (Å²) in [5, 5.41) is 9.41. The Bertz CT molecular complexity index is 515. The Kier molecular flexibility index (Phi) is 3.42. The average molecular weight is 259 g/mol. The molecular formula is C15H17NO3. The predicted molar refractivity (Wildman–Crippen MR) is 72.5 cm³/mol. The second-order valence-corrected chi connectivity index (χ2v) is 4.84. The van der Waals surface area contributed by atoms with Crippen LogP contribution in [0.3, 0.4) is 0 Å². The van der Waals surface area contributed by atoms with Gasteiger partial charge in [0, 0.05) is 16.8 Å². The molecule has 0 aromatic heterocycles. The number of carbonyl (C=O) groups excluding carboxylic acids is 1. The summed E-state index contributed by atoms with van der Waals surface area (Å²) in [5.41, 5.74) is 1.73. The number of hydrogen-bond donors (Lipinski definition) is 1. The Balaban J connectivity index is 2.45. The normalized spacial score (nSPS) is 17.3. The van der Waals surface area contributed by atoms with E-state index < -0.39 is 12.0 Å². The van der Waals surface area contributed by atoms with Gasteiger partial charge in [0.15, 0.2) is 0 Å². The predicted octanol–water partition coefficient (Wildman–Crippen LogP) is 2.61. The molecule has 0 bridgehead atoms. The van der Waals surface area contributed by atoms with E-state index >= 15 is 0 Å². The Labute approximate surface area is 112 Å². The second-order valence-electron chi connectivity index (χ2n) is 4.84. The zero-order chi connectivity index (χ0) is 14.2. The molecule has 1 aliphatic heterocycles. The van der Waals surface area contributed by atoms with Gasteiger partial charge in [0.25, 0.3) is 5.91 Å². The minimum Gasteiger partial charge on any atom is -0.480 e. The van der Waals surface area contributed by atoms with E-state index in [0.717, 1.165) is 5.56 Å². The van der Waals surface area contributed by atoms with Crippen LogP contribution >= 0.6 is 0 Å². The van der Waals surface area contributed by atoms with Crippen LogP contribution in [-0.4, -0.2) is 27.9 Å². The first-order valence-corrected chi connectivity index (χ1v) is 6.33. The molecule has 1 aliphatic rings. The summed E-state index contributed by atoms with van der Waals surface area (Å²) < 4.78 is 0. The van der Waals surface area contributed by atoms with E-state index in [0.29, 0.717) is 17.7 Å². The molecule has 0 aliphatic carbocycles. The molecular weight excluding hydrogens is 242 g/mol. The standard InChI is InChI=1S/C15H17NO3/c1-4-9(2)13(15(18)19)16-10(3)11-7-5-6-8-12(11)14(16)17/h5-9,13H,3-4H2,1-2H3,(H,18,19). The number of benzene rings is 1. The number of hydrogen-bond acceptors (Lipinski definition) is 2. The van der Waals surface area contributed by atoms with Crippen molar-refractivity contribution in [3.63, 3.8) is 0 Å². The number of rotatable bonds is 4. The van der Waals surface area contributed by atoms with Gasteiger partial charge in [-0.3, -0.25) is 9.69 Å². The van der Waals surface area contributed by atoms with Crippen molar-refractivity contribution in [2.24, 2.45) is 5.92 Å². The number of fused-ring (bicyclic) bond motifs is 1. The molecule has 1 heterocycles.